The van der Waals surface area contributed by atoms with E-state index in [1.165, 1.54) is 25.7 Å². The predicted octanol–water partition coefficient (Wildman–Crippen LogP) is 3.26. The van der Waals surface area contributed by atoms with Gasteiger partial charge in [-0.1, -0.05) is 18.9 Å². The minimum Gasteiger partial charge on any atom is -0.381 e. The number of ether oxygens (including phenoxy) is 1. The number of rotatable bonds is 4. The van der Waals surface area contributed by atoms with Gasteiger partial charge in [0.15, 0.2) is 5.78 Å². The SMILES string of the molecule is COC(C)CC(=O)C1=CCCCCCC1. The number of methoxy groups -OCH3 is 1. The first-order valence-corrected chi connectivity index (χ1v) is 5.99. The number of hydrogen-bond acceptors (Lipinski definition) is 2. The summed E-state index contributed by atoms with van der Waals surface area (Å²) in [5.41, 5.74) is 1.04. The van der Waals surface area contributed by atoms with Crippen LogP contribution in [0, 0.1) is 0 Å². The molecule has 0 N–H and O–H groups in total. The van der Waals surface area contributed by atoms with Gasteiger partial charge >= 0.3 is 0 Å². The maximum Gasteiger partial charge on any atom is 0.161 e. The van der Waals surface area contributed by atoms with E-state index in [1.54, 1.807) is 7.11 Å². The molecule has 0 radical (unpaired) electrons. The van der Waals surface area contributed by atoms with Crippen LogP contribution in [0.15, 0.2) is 11.6 Å². The minimum atomic E-state index is 0.0452. The maximum atomic E-state index is 11.9. The summed E-state index contributed by atoms with van der Waals surface area (Å²) in [6, 6.07) is 0. The molecule has 0 saturated carbocycles. The Balaban J connectivity index is 2.48. The largest absolute Gasteiger partial charge is 0.381 e. The normalized spacial score (nSPS) is 20.0. The van der Waals surface area contributed by atoms with Gasteiger partial charge in [-0.2, -0.15) is 0 Å². The van der Waals surface area contributed by atoms with Gasteiger partial charge in [-0.3, -0.25) is 4.79 Å². The Morgan fingerprint density at radius 3 is 2.87 bits per heavy atom. The molecule has 86 valence electrons. The molecule has 0 aliphatic heterocycles. The molecular formula is C13H22O2. The van der Waals surface area contributed by atoms with Crippen LogP contribution in [0.4, 0.5) is 0 Å². The smallest absolute Gasteiger partial charge is 0.161 e. The molecule has 0 bridgehead atoms. The lowest BCUT2D eigenvalue weighted by Crippen LogP contribution is -2.14. The molecule has 0 heterocycles. The Hall–Kier alpha value is -0.630. The standard InChI is InChI=1S/C13H22O2/c1-11(15-2)10-13(14)12-8-6-4-3-5-7-9-12/h8,11H,3-7,9-10H2,1-2H3. The van der Waals surface area contributed by atoms with Crippen molar-refractivity contribution in [1.82, 2.24) is 0 Å². The van der Waals surface area contributed by atoms with E-state index in [0.29, 0.717) is 6.42 Å². The number of hydrogen-bond donors (Lipinski definition) is 0. The van der Waals surface area contributed by atoms with E-state index < -0.39 is 0 Å². The first-order valence-electron chi connectivity index (χ1n) is 5.99. The zero-order valence-electron chi connectivity index (χ0n) is 9.92. The quantitative estimate of drug-likeness (QED) is 0.712. The summed E-state index contributed by atoms with van der Waals surface area (Å²) in [5.74, 6) is 0.284. The van der Waals surface area contributed by atoms with Gasteiger partial charge in [-0.05, 0) is 38.2 Å². The number of allylic oxidation sites excluding steroid dienone is 2. The molecule has 1 aliphatic rings. The third-order valence-electron chi connectivity index (χ3n) is 3.02. The summed E-state index contributed by atoms with van der Waals surface area (Å²) >= 11 is 0. The Bertz CT molecular complexity index is 231. The zero-order valence-corrected chi connectivity index (χ0v) is 9.92. The first kappa shape index (κ1) is 12.4. The molecule has 0 amide bonds. The molecule has 15 heavy (non-hydrogen) atoms. The Morgan fingerprint density at radius 2 is 2.13 bits per heavy atom. The van der Waals surface area contributed by atoms with Crippen LogP contribution in [0.3, 0.4) is 0 Å². The van der Waals surface area contributed by atoms with Crippen molar-refractivity contribution in [3.05, 3.63) is 11.6 Å². The average molecular weight is 210 g/mol. The van der Waals surface area contributed by atoms with E-state index >= 15 is 0 Å². The second-order valence-corrected chi connectivity index (χ2v) is 4.36. The highest BCUT2D eigenvalue weighted by Gasteiger charge is 2.13. The topological polar surface area (TPSA) is 26.3 Å². The number of Topliss-reactive ketones (excluding diaryl/α,β-unsaturated/α-hetero) is 1. The third kappa shape index (κ3) is 4.61. The van der Waals surface area contributed by atoms with Crippen molar-refractivity contribution in [2.24, 2.45) is 0 Å². The van der Waals surface area contributed by atoms with Gasteiger partial charge in [0.25, 0.3) is 0 Å². The molecule has 2 nitrogen and oxygen atoms in total. The van der Waals surface area contributed by atoms with E-state index in [2.05, 4.69) is 6.08 Å². The molecule has 2 heteroatoms. The second-order valence-electron chi connectivity index (χ2n) is 4.36. The van der Waals surface area contributed by atoms with Gasteiger partial charge in [0, 0.05) is 13.5 Å². The Morgan fingerprint density at radius 1 is 1.40 bits per heavy atom. The van der Waals surface area contributed by atoms with Gasteiger partial charge in [0.2, 0.25) is 0 Å². The van der Waals surface area contributed by atoms with Crippen LogP contribution >= 0.6 is 0 Å². The van der Waals surface area contributed by atoms with Crippen LogP contribution in [-0.4, -0.2) is 19.0 Å². The van der Waals surface area contributed by atoms with Crippen molar-refractivity contribution >= 4 is 5.78 Å². The molecule has 1 atom stereocenters. The van der Waals surface area contributed by atoms with Gasteiger partial charge in [0.1, 0.15) is 0 Å². The Kier molecular flexibility index (Phi) is 5.62. The fourth-order valence-corrected chi connectivity index (χ4v) is 1.92. The number of ketones is 1. The highest BCUT2D eigenvalue weighted by atomic mass is 16.5. The molecule has 1 rings (SSSR count). The van der Waals surface area contributed by atoms with Crippen LogP contribution in [0.1, 0.15) is 51.9 Å². The fourth-order valence-electron chi connectivity index (χ4n) is 1.92. The molecule has 0 spiro atoms. The first-order chi connectivity index (χ1) is 7.24. The summed E-state index contributed by atoms with van der Waals surface area (Å²) in [6.45, 7) is 1.95. The molecule has 1 aliphatic carbocycles. The molecule has 1 unspecified atom stereocenters. The number of carbonyl (C=O) groups is 1. The van der Waals surface area contributed by atoms with E-state index in [4.69, 9.17) is 4.74 Å². The minimum absolute atomic E-state index is 0.0452. The maximum absolute atomic E-state index is 11.9. The van der Waals surface area contributed by atoms with E-state index in [1.807, 2.05) is 6.92 Å². The van der Waals surface area contributed by atoms with E-state index in [9.17, 15) is 4.79 Å². The van der Waals surface area contributed by atoms with Gasteiger partial charge in [-0.15, -0.1) is 0 Å². The van der Waals surface area contributed by atoms with Gasteiger partial charge in [-0.25, -0.2) is 0 Å². The predicted molar refractivity (Wildman–Crippen MR) is 61.9 cm³/mol. The molecular weight excluding hydrogens is 188 g/mol. The second kappa shape index (κ2) is 6.78. The van der Waals surface area contributed by atoms with Crippen LogP contribution in [0.5, 0.6) is 0 Å². The zero-order chi connectivity index (χ0) is 11.1. The van der Waals surface area contributed by atoms with Crippen LogP contribution in [-0.2, 0) is 9.53 Å². The lowest BCUT2D eigenvalue weighted by Gasteiger charge is -2.13. The lowest BCUT2D eigenvalue weighted by molar-refractivity contribution is -0.117. The van der Waals surface area contributed by atoms with Crippen molar-refractivity contribution in [3.8, 4) is 0 Å². The van der Waals surface area contributed by atoms with Crippen molar-refractivity contribution in [3.63, 3.8) is 0 Å². The molecule has 0 aromatic carbocycles. The molecule has 0 aromatic heterocycles. The molecule has 0 saturated heterocycles. The van der Waals surface area contributed by atoms with Gasteiger partial charge in [0.05, 0.1) is 6.10 Å². The van der Waals surface area contributed by atoms with E-state index in [-0.39, 0.29) is 11.9 Å². The highest BCUT2D eigenvalue weighted by molar-refractivity contribution is 5.95. The summed E-state index contributed by atoms with van der Waals surface area (Å²) in [7, 11) is 1.66. The Labute approximate surface area is 92.7 Å². The molecule has 0 aromatic rings. The highest BCUT2D eigenvalue weighted by Crippen LogP contribution is 2.19. The van der Waals surface area contributed by atoms with Crippen LogP contribution in [0.2, 0.25) is 0 Å². The van der Waals surface area contributed by atoms with Crippen molar-refractivity contribution < 1.29 is 9.53 Å². The van der Waals surface area contributed by atoms with Crippen molar-refractivity contribution in [2.45, 2.75) is 58.0 Å². The molecule has 0 fully saturated rings. The summed E-state index contributed by atoms with van der Waals surface area (Å²) in [5, 5.41) is 0. The van der Waals surface area contributed by atoms with Crippen LogP contribution in [0.25, 0.3) is 0 Å². The van der Waals surface area contributed by atoms with Crippen molar-refractivity contribution in [2.75, 3.05) is 7.11 Å². The summed E-state index contributed by atoms with van der Waals surface area (Å²) in [4.78, 5) is 11.9. The monoisotopic (exact) mass is 210 g/mol. The fraction of sp³-hybridized carbons (Fsp3) is 0.769. The number of carbonyl (C=O) groups excluding carboxylic acids is 1. The summed E-state index contributed by atoms with van der Waals surface area (Å²) in [6.07, 6.45) is 9.74. The summed E-state index contributed by atoms with van der Waals surface area (Å²) < 4.78 is 5.12. The average Bonchev–Trinajstić information content (AvgIpc) is 2.16. The van der Waals surface area contributed by atoms with Gasteiger partial charge < -0.3 is 4.74 Å². The van der Waals surface area contributed by atoms with Crippen molar-refractivity contribution in [1.29, 1.82) is 0 Å². The van der Waals surface area contributed by atoms with Crippen LogP contribution < -0.4 is 0 Å². The lowest BCUT2D eigenvalue weighted by atomic mass is 9.95. The van der Waals surface area contributed by atoms with E-state index in [0.717, 1.165) is 18.4 Å². The third-order valence-corrected chi connectivity index (χ3v) is 3.02.